The first-order chi connectivity index (χ1) is 6.25. The Morgan fingerprint density at radius 2 is 2.23 bits per heavy atom. The third-order valence-corrected chi connectivity index (χ3v) is 2.37. The predicted molar refractivity (Wildman–Crippen MR) is 53.7 cm³/mol. The van der Waals surface area contributed by atoms with Gasteiger partial charge in [-0.15, -0.1) is 0 Å². The van der Waals surface area contributed by atoms with Crippen molar-refractivity contribution in [2.24, 2.45) is 5.73 Å². The highest BCUT2D eigenvalue weighted by atomic mass is 14.6. The van der Waals surface area contributed by atoms with Crippen LogP contribution in [0, 0.1) is 11.3 Å². The lowest BCUT2D eigenvalue weighted by atomic mass is 10.0. The summed E-state index contributed by atoms with van der Waals surface area (Å²) in [5.41, 5.74) is 8.14. The van der Waals surface area contributed by atoms with Crippen LogP contribution in [0.2, 0.25) is 0 Å². The lowest BCUT2D eigenvalue weighted by molar-refractivity contribution is 0.712. The lowest BCUT2D eigenvalue weighted by Gasteiger charge is -2.04. The van der Waals surface area contributed by atoms with Gasteiger partial charge in [0, 0.05) is 5.70 Å². The van der Waals surface area contributed by atoms with E-state index in [0.717, 1.165) is 18.4 Å². The summed E-state index contributed by atoms with van der Waals surface area (Å²) in [4.78, 5) is 0. The van der Waals surface area contributed by atoms with Gasteiger partial charge in [-0.2, -0.15) is 5.26 Å². The van der Waals surface area contributed by atoms with E-state index in [4.69, 9.17) is 11.0 Å². The number of nitrogens with two attached hydrogens (primary N) is 1. The molecule has 0 saturated carbocycles. The predicted octanol–water partition coefficient (Wildman–Crippen LogP) is 2.63. The maximum absolute atomic E-state index is 8.91. The van der Waals surface area contributed by atoms with Crippen molar-refractivity contribution in [1.82, 2.24) is 0 Å². The molecule has 0 bridgehead atoms. The van der Waals surface area contributed by atoms with Gasteiger partial charge in [-0.1, -0.05) is 12.5 Å². The first-order valence-corrected chi connectivity index (χ1v) is 4.81. The van der Waals surface area contributed by atoms with E-state index in [1.54, 1.807) is 6.92 Å². The Morgan fingerprint density at radius 3 is 2.85 bits per heavy atom. The Labute approximate surface area is 79.7 Å². The number of hydrogen-bond acceptors (Lipinski definition) is 2. The van der Waals surface area contributed by atoms with Gasteiger partial charge in [-0.3, -0.25) is 0 Å². The molecule has 0 fully saturated rings. The second kappa shape index (κ2) is 4.71. The van der Waals surface area contributed by atoms with Crippen molar-refractivity contribution in [2.45, 2.75) is 39.0 Å². The van der Waals surface area contributed by atoms with Gasteiger partial charge in [0.1, 0.15) is 6.07 Å². The van der Waals surface area contributed by atoms with Crippen LogP contribution in [-0.2, 0) is 0 Å². The van der Waals surface area contributed by atoms with Crippen LogP contribution in [0.5, 0.6) is 0 Å². The molecule has 0 radical (unpaired) electrons. The molecule has 0 atom stereocenters. The van der Waals surface area contributed by atoms with Crippen molar-refractivity contribution in [3.63, 3.8) is 0 Å². The van der Waals surface area contributed by atoms with Gasteiger partial charge in [-0.05, 0) is 38.2 Å². The number of nitrogens with zero attached hydrogens (tertiary/aromatic N) is 1. The molecule has 0 aliphatic heterocycles. The summed E-state index contributed by atoms with van der Waals surface area (Å²) in [6, 6.07) is 2.19. The van der Waals surface area contributed by atoms with Crippen LogP contribution in [0.1, 0.15) is 39.0 Å². The summed E-state index contributed by atoms with van der Waals surface area (Å²) in [5, 5.41) is 8.91. The smallest absolute Gasteiger partial charge is 0.101 e. The molecule has 13 heavy (non-hydrogen) atoms. The molecule has 0 aromatic rings. The lowest BCUT2D eigenvalue weighted by Crippen LogP contribution is -1.99. The minimum Gasteiger partial charge on any atom is -0.401 e. The molecule has 0 saturated heterocycles. The van der Waals surface area contributed by atoms with Gasteiger partial charge in [0.2, 0.25) is 0 Å². The van der Waals surface area contributed by atoms with E-state index in [0.29, 0.717) is 11.3 Å². The maximum atomic E-state index is 8.91. The van der Waals surface area contributed by atoms with Crippen LogP contribution in [0.15, 0.2) is 22.9 Å². The second-order valence-corrected chi connectivity index (χ2v) is 3.50. The Hall–Kier alpha value is -1.23. The fourth-order valence-electron chi connectivity index (χ4n) is 1.66. The van der Waals surface area contributed by atoms with Crippen LogP contribution < -0.4 is 5.73 Å². The molecule has 0 aromatic heterocycles. The summed E-state index contributed by atoms with van der Waals surface area (Å²) in [7, 11) is 0. The molecule has 2 heteroatoms. The van der Waals surface area contributed by atoms with Crippen LogP contribution >= 0.6 is 0 Å². The van der Waals surface area contributed by atoms with Gasteiger partial charge in [0.25, 0.3) is 0 Å². The SMILES string of the molecule is C/C(N)=C(\C#N)C1=CCCCCC1. The standard InChI is InChI=1S/C11H16N2/c1-9(13)11(8-12)10-6-4-2-3-5-7-10/h6H,2-5,7,13H2,1H3/b11-9-. The van der Waals surface area contributed by atoms with Crippen LogP contribution in [0.3, 0.4) is 0 Å². The minimum absolute atomic E-state index is 0.649. The molecule has 0 heterocycles. The highest BCUT2D eigenvalue weighted by Gasteiger charge is 2.08. The summed E-state index contributed by atoms with van der Waals surface area (Å²) < 4.78 is 0. The average molecular weight is 176 g/mol. The fraction of sp³-hybridized carbons (Fsp3) is 0.545. The van der Waals surface area contributed by atoms with Gasteiger partial charge < -0.3 is 5.73 Å². The first-order valence-electron chi connectivity index (χ1n) is 4.81. The Kier molecular flexibility index (Phi) is 3.57. The molecule has 70 valence electrons. The monoisotopic (exact) mass is 176 g/mol. The van der Waals surface area contributed by atoms with E-state index in [9.17, 15) is 0 Å². The molecule has 1 aliphatic rings. The molecule has 2 N–H and O–H groups in total. The Balaban J connectivity index is 2.86. The molecule has 1 rings (SSSR count). The molecular formula is C11H16N2. The molecule has 0 unspecified atom stereocenters. The van der Waals surface area contributed by atoms with Crippen molar-refractivity contribution < 1.29 is 0 Å². The third kappa shape index (κ3) is 2.62. The van der Waals surface area contributed by atoms with Crippen molar-refractivity contribution in [3.8, 4) is 6.07 Å². The van der Waals surface area contributed by atoms with E-state index in [2.05, 4.69) is 12.1 Å². The zero-order valence-electron chi connectivity index (χ0n) is 8.14. The average Bonchev–Trinajstić information content (AvgIpc) is 2.33. The second-order valence-electron chi connectivity index (χ2n) is 3.50. The van der Waals surface area contributed by atoms with Gasteiger partial charge in [-0.25, -0.2) is 0 Å². The van der Waals surface area contributed by atoms with Crippen LogP contribution in [0.25, 0.3) is 0 Å². The van der Waals surface area contributed by atoms with Gasteiger partial charge >= 0.3 is 0 Å². The largest absolute Gasteiger partial charge is 0.401 e. The summed E-state index contributed by atoms with van der Waals surface area (Å²) >= 11 is 0. The minimum atomic E-state index is 0.649. The zero-order chi connectivity index (χ0) is 9.68. The van der Waals surface area contributed by atoms with E-state index in [1.165, 1.54) is 19.3 Å². The number of hydrogen-bond donors (Lipinski definition) is 1. The molecule has 1 aliphatic carbocycles. The van der Waals surface area contributed by atoms with E-state index in [-0.39, 0.29) is 0 Å². The Morgan fingerprint density at radius 1 is 1.46 bits per heavy atom. The molecular weight excluding hydrogens is 160 g/mol. The normalized spacial score (nSPS) is 19.5. The molecule has 0 spiro atoms. The highest BCUT2D eigenvalue weighted by molar-refractivity contribution is 5.44. The van der Waals surface area contributed by atoms with E-state index < -0.39 is 0 Å². The highest BCUT2D eigenvalue weighted by Crippen LogP contribution is 2.23. The topological polar surface area (TPSA) is 49.8 Å². The summed E-state index contributed by atoms with van der Waals surface area (Å²) in [5.74, 6) is 0. The number of allylic oxidation sites excluding steroid dienone is 4. The first kappa shape index (κ1) is 9.85. The Bertz CT molecular complexity index is 275. The van der Waals surface area contributed by atoms with Crippen molar-refractivity contribution in [3.05, 3.63) is 22.9 Å². The quantitative estimate of drug-likeness (QED) is 0.624. The number of rotatable bonds is 1. The van der Waals surface area contributed by atoms with E-state index >= 15 is 0 Å². The van der Waals surface area contributed by atoms with Crippen molar-refractivity contribution in [1.29, 1.82) is 5.26 Å². The van der Waals surface area contributed by atoms with Crippen molar-refractivity contribution in [2.75, 3.05) is 0 Å². The third-order valence-electron chi connectivity index (χ3n) is 2.37. The number of nitriles is 1. The van der Waals surface area contributed by atoms with Gasteiger partial charge in [0.05, 0.1) is 5.57 Å². The molecule has 0 aromatic carbocycles. The molecule has 0 amide bonds. The summed E-state index contributed by atoms with van der Waals surface area (Å²) in [6.45, 7) is 1.80. The maximum Gasteiger partial charge on any atom is 0.101 e. The van der Waals surface area contributed by atoms with Gasteiger partial charge in [0.15, 0.2) is 0 Å². The van der Waals surface area contributed by atoms with E-state index in [1.807, 2.05) is 0 Å². The zero-order valence-corrected chi connectivity index (χ0v) is 8.14. The van der Waals surface area contributed by atoms with Crippen LogP contribution in [0.4, 0.5) is 0 Å². The summed E-state index contributed by atoms with van der Waals surface area (Å²) in [6.07, 6.45) is 7.96. The van der Waals surface area contributed by atoms with Crippen LogP contribution in [-0.4, -0.2) is 0 Å². The van der Waals surface area contributed by atoms with Crippen molar-refractivity contribution >= 4 is 0 Å². The molecule has 2 nitrogen and oxygen atoms in total. The fourth-order valence-corrected chi connectivity index (χ4v) is 1.66.